The van der Waals surface area contributed by atoms with E-state index in [1.807, 2.05) is 11.3 Å². The predicted molar refractivity (Wildman–Crippen MR) is 70.4 cm³/mol. The standard InChI is InChI=1S/C13H21NO2S/c1-15-8-6-14(10-12-4-2-7-16-12)11-13-5-3-9-17-13/h3,5,9,12H,2,4,6-8,10-11H2,1H3/t12-/m1/s1. The van der Waals surface area contributed by atoms with Gasteiger partial charge < -0.3 is 9.47 Å². The largest absolute Gasteiger partial charge is 0.383 e. The molecule has 0 radical (unpaired) electrons. The van der Waals surface area contributed by atoms with Crippen molar-refractivity contribution in [3.63, 3.8) is 0 Å². The van der Waals surface area contributed by atoms with E-state index in [1.165, 1.54) is 17.7 Å². The van der Waals surface area contributed by atoms with Gasteiger partial charge in [0.05, 0.1) is 12.7 Å². The van der Waals surface area contributed by atoms with Crippen LogP contribution in [0.2, 0.25) is 0 Å². The van der Waals surface area contributed by atoms with Crippen LogP contribution in [0, 0.1) is 0 Å². The van der Waals surface area contributed by atoms with Gasteiger partial charge in [0, 0.05) is 38.2 Å². The summed E-state index contributed by atoms with van der Waals surface area (Å²) in [7, 11) is 1.76. The number of nitrogens with zero attached hydrogens (tertiary/aromatic N) is 1. The maximum atomic E-state index is 5.70. The summed E-state index contributed by atoms with van der Waals surface area (Å²) < 4.78 is 10.9. The zero-order chi connectivity index (χ0) is 11.9. The van der Waals surface area contributed by atoms with Crippen molar-refractivity contribution in [2.75, 3.05) is 33.4 Å². The lowest BCUT2D eigenvalue weighted by Gasteiger charge is -2.24. The van der Waals surface area contributed by atoms with E-state index < -0.39 is 0 Å². The molecule has 1 aliphatic heterocycles. The van der Waals surface area contributed by atoms with Crippen molar-refractivity contribution in [2.45, 2.75) is 25.5 Å². The van der Waals surface area contributed by atoms with E-state index in [0.29, 0.717) is 6.10 Å². The molecule has 0 spiro atoms. The average Bonchev–Trinajstić information content (AvgIpc) is 2.99. The molecule has 1 saturated heterocycles. The average molecular weight is 255 g/mol. The Morgan fingerprint density at radius 3 is 3.18 bits per heavy atom. The van der Waals surface area contributed by atoms with Gasteiger partial charge in [0.25, 0.3) is 0 Å². The molecule has 0 aliphatic carbocycles. The minimum Gasteiger partial charge on any atom is -0.383 e. The molecule has 0 aromatic carbocycles. The predicted octanol–water partition coefficient (Wildman–Crippen LogP) is 2.38. The molecule has 0 bridgehead atoms. The first-order valence-electron chi connectivity index (χ1n) is 6.24. The Bertz CT molecular complexity index is 296. The van der Waals surface area contributed by atoms with Crippen LogP contribution in [0.4, 0.5) is 0 Å². The molecular weight excluding hydrogens is 234 g/mol. The molecule has 3 nitrogen and oxygen atoms in total. The number of hydrogen-bond donors (Lipinski definition) is 0. The lowest BCUT2D eigenvalue weighted by Crippen LogP contribution is -2.34. The highest BCUT2D eigenvalue weighted by atomic mass is 32.1. The fraction of sp³-hybridized carbons (Fsp3) is 0.692. The van der Waals surface area contributed by atoms with Crippen LogP contribution in [0.15, 0.2) is 17.5 Å². The lowest BCUT2D eigenvalue weighted by molar-refractivity contribution is 0.0592. The lowest BCUT2D eigenvalue weighted by atomic mass is 10.2. The summed E-state index contributed by atoms with van der Waals surface area (Å²) in [5, 5.41) is 2.13. The van der Waals surface area contributed by atoms with E-state index in [1.54, 1.807) is 7.11 Å². The van der Waals surface area contributed by atoms with Gasteiger partial charge in [-0.05, 0) is 24.3 Å². The summed E-state index contributed by atoms with van der Waals surface area (Å²) >= 11 is 1.82. The van der Waals surface area contributed by atoms with E-state index in [4.69, 9.17) is 9.47 Å². The Hall–Kier alpha value is -0.420. The van der Waals surface area contributed by atoms with Gasteiger partial charge in [0.1, 0.15) is 0 Å². The Balaban J connectivity index is 1.83. The summed E-state index contributed by atoms with van der Waals surface area (Å²) in [6.45, 7) is 4.75. The first-order valence-corrected chi connectivity index (χ1v) is 7.11. The third-order valence-electron chi connectivity index (χ3n) is 3.06. The third-order valence-corrected chi connectivity index (χ3v) is 3.92. The van der Waals surface area contributed by atoms with E-state index in [-0.39, 0.29) is 0 Å². The smallest absolute Gasteiger partial charge is 0.0703 e. The van der Waals surface area contributed by atoms with Crippen LogP contribution in [0.3, 0.4) is 0 Å². The third kappa shape index (κ3) is 4.39. The zero-order valence-electron chi connectivity index (χ0n) is 10.4. The molecule has 2 heterocycles. The summed E-state index contributed by atoms with van der Waals surface area (Å²) in [5.41, 5.74) is 0. The molecular formula is C13H21NO2S. The van der Waals surface area contributed by atoms with Crippen LogP contribution in [0.25, 0.3) is 0 Å². The van der Waals surface area contributed by atoms with Gasteiger partial charge >= 0.3 is 0 Å². The van der Waals surface area contributed by atoms with Crippen LogP contribution >= 0.6 is 11.3 Å². The van der Waals surface area contributed by atoms with Crippen molar-refractivity contribution in [1.82, 2.24) is 4.90 Å². The van der Waals surface area contributed by atoms with Crippen molar-refractivity contribution in [1.29, 1.82) is 0 Å². The summed E-state index contributed by atoms with van der Waals surface area (Å²) in [5.74, 6) is 0. The Morgan fingerprint density at radius 2 is 2.53 bits per heavy atom. The van der Waals surface area contributed by atoms with Gasteiger partial charge in [-0.15, -0.1) is 11.3 Å². The highest BCUT2D eigenvalue weighted by molar-refractivity contribution is 7.09. The SMILES string of the molecule is COCCN(Cc1cccs1)C[C@H]1CCCO1. The maximum Gasteiger partial charge on any atom is 0.0703 e. The summed E-state index contributed by atoms with van der Waals surface area (Å²) in [6.07, 6.45) is 2.84. The van der Waals surface area contributed by atoms with Gasteiger partial charge in [0.2, 0.25) is 0 Å². The van der Waals surface area contributed by atoms with Crippen LogP contribution in [0.1, 0.15) is 17.7 Å². The highest BCUT2D eigenvalue weighted by Gasteiger charge is 2.19. The molecule has 1 fully saturated rings. The molecule has 2 rings (SSSR count). The molecule has 1 aliphatic rings. The van der Waals surface area contributed by atoms with Gasteiger partial charge in [0.15, 0.2) is 0 Å². The van der Waals surface area contributed by atoms with Gasteiger partial charge in [-0.1, -0.05) is 6.07 Å². The Labute approximate surface area is 107 Å². The quantitative estimate of drug-likeness (QED) is 0.746. The van der Waals surface area contributed by atoms with Crippen LogP contribution in [-0.2, 0) is 16.0 Å². The summed E-state index contributed by atoms with van der Waals surface area (Å²) in [4.78, 5) is 3.85. The first-order chi connectivity index (χ1) is 8.38. The number of methoxy groups -OCH3 is 1. The minimum absolute atomic E-state index is 0.423. The van der Waals surface area contributed by atoms with Crippen molar-refractivity contribution in [2.24, 2.45) is 0 Å². The van der Waals surface area contributed by atoms with Gasteiger partial charge in [-0.2, -0.15) is 0 Å². The zero-order valence-corrected chi connectivity index (χ0v) is 11.2. The van der Waals surface area contributed by atoms with Gasteiger partial charge in [-0.3, -0.25) is 4.90 Å². The fourth-order valence-electron chi connectivity index (χ4n) is 2.15. The van der Waals surface area contributed by atoms with Crippen molar-refractivity contribution in [3.8, 4) is 0 Å². The molecule has 4 heteroatoms. The minimum atomic E-state index is 0.423. The van der Waals surface area contributed by atoms with E-state index in [9.17, 15) is 0 Å². The Kier molecular flexibility index (Phi) is 5.45. The number of thiophene rings is 1. The number of hydrogen-bond acceptors (Lipinski definition) is 4. The normalized spacial score (nSPS) is 20.2. The molecule has 1 atom stereocenters. The molecule has 0 unspecified atom stereocenters. The van der Waals surface area contributed by atoms with E-state index in [2.05, 4.69) is 22.4 Å². The Morgan fingerprint density at radius 1 is 1.59 bits per heavy atom. The molecule has 1 aromatic rings. The van der Waals surface area contributed by atoms with Crippen molar-refractivity contribution >= 4 is 11.3 Å². The monoisotopic (exact) mass is 255 g/mol. The van der Waals surface area contributed by atoms with Crippen LogP contribution < -0.4 is 0 Å². The molecule has 17 heavy (non-hydrogen) atoms. The van der Waals surface area contributed by atoms with E-state index >= 15 is 0 Å². The number of ether oxygens (including phenoxy) is 2. The second kappa shape index (κ2) is 7.11. The van der Waals surface area contributed by atoms with E-state index in [0.717, 1.165) is 32.8 Å². The maximum absolute atomic E-state index is 5.70. The fourth-order valence-corrected chi connectivity index (χ4v) is 2.90. The number of rotatable bonds is 7. The molecule has 0 amide bonds. The summed E-state index contributed by atoms with van der Waals surface area (Å²) in [6, 6.07) is 4.31. The molecule has 0 saturated carbocycles. The van der Waals surface area contributed by atoms with Crippen LogP contribution in [0.5, 0.6) is 0 Å². The topological polar surface area (TPSA) is 21.7 Å². The highest BCUT2D eigenvalue weighted by Crippen LogP contribution is 2.16. The molecule has 1 aromatic heterocycles. The van der Waals surface area contributed by atoms with Crippen LogP contribution in [-0.4, -0.2) is 44.4 Å². The first kappa shape index (κ1) is 13.0. The second-order valence-corrected chi connectivity index (χ2v) is 5.47. The molecule has 0 N–H and O–H groups in total. The second-order valence-electron chi connectivity index (χ2n) is 4.44. The molecule has 96 valence electrons. The van der Waals surface area contributed by atoms with Crippen molar-refractivity contribution < 1.29 is 9.47 Å². The van der Waals surface area contributed by atoms with Gasteiger partial charge in [-0.25, -0.2) is 0 Å². The van der Waals surface area contributed by atoms with Crippen molar-refractivity contribution in [3.05, 3.63) is 22.4 Å².